The molecule has 158 valence electrons. The Bertz CT molecular complexity index is 1040. The van der Waals surface area contributed by atoms with E-state index in [0.29, 0.717) is 24.0 Å². The van der Waals surface area contributed by atoms with Gasteiger partial charge in [-0.3, -0.25) is 15.8 Å². The van der Waals surface area contributed by atoms with Gasteiger partial charge in [0.25, 0.3) is 0 Å². The second kappa shape index (κ2) is 10.5. The monoisotopic (exact) mass is 427 g/mol. The molecule has 0 bridgehead atoms. The van der Waals surface area contributed by atoms with Crippen LogP contribution in [0, 0.1) is 0 Å². The van der Waals surface area contributed by atoms with Crippen molar-refractivity contribution in [1.29, 1.82) is 0 Å². The Hall–Kier alpha value is -3.28. The van der Waals surface area contributed by atoms with E-state index in [4.69, 9.17) is 4.55 Å². The van der Waals surface area contributed by atoms with Gasteiger partial charge in [-0.2, -0.15) is 4.98 Å². The third kappa shape index (κ3) is 6.65. The molecule has 1 aromatic carbocycles. The van der Waals surface area contributed by atoms with Crippen molar-refractivity contribution >= 4 is 34.0 Å². The molecule has 3 rings (SSSR count). The zero-order chi connectivity index (χ0) is 21.3. The number of benzene rings is 1. The van der Waals surface area contributed by atoms with Gasteiger partial charge < -0.3 is 23.3 Å². The molecule has 0 aliphatic carbocycles. The number of nitrogens with one attached hydrogen (secondary N) is 3. The molecule has 0 aliphatic heterocycles. The largest absolute Gasteiger partial charge is 0.454 e. The summed E-state index contributed by atoms with van der Waals surface area (Å²) in [7, 11) is 1.78. The molecule has 3 aromatic rings. The van der Waals surface area contributed by atoms with Crippen LogP contribution in [0.3, 0.4) is 0 Å². The molecule has 0 aliphatic rings. The number of likely N-dealkylation sites (N-methyl/N-ethyl adjacent to an activating group) is 1. The number of pyridine rings is 1. The lowest BCUT2D eigenvalue weighted by molar-refractivity contribution is 0.425. The van der Waals surface area contributed by atoms with E-state index < -0.39 is 10.9 Å². The lowest BCUT2D eigenvalue weighted by Crippen LogP contribution is -2.22. The van der Waals surface area contributed by atoms with Crippen molar-refractivity contribution in [3.05, 3.63) is 54.9 Å². The highest BCUT2D eigenvalue weighted by molar-refractivity contribution is 7.68. The summed E-state index contributed by atoms with van der Waals surface area (Å²) in [4.78, 5) is 15.3. The molecule has 4 N–H and O–H groups in total. The van der Waals surface area contributed by atoms with Gasteiger partial charge in [0.15, 0.2) is 5.82 Å². The van der Waals surface area contributed by atoms with Crippen LogP contribution < -0.4 is 16.2 Å². The first-order chi connectivity index (χ1) is 14.5. The maximum Gasteiger partial charge on any atom is 0.225 e. The van der Waals surface area contributed by atoms with Crippen molar-refractivity contribution in [2.24, 2.45) is 4.36 Å². The Morgan fingerprint density at radius 2 is 1.93 bits per heavy atom. The van der Waals surface area contributed by atoms with Crippen molar-refractivity contribution < 1.29 is 8.76 Å². The fourth-order valence-electron chi connectivity index (χ4n) is 2.48. The van der Waals surface area contributed by atoms with Crippen LogP contribution in [0.5, 0.6) is 0 Å². The number of aromatic nitrogens is 3. The van der Waals surface area contributed by atoms with Gasteiger partial charge in [0.1, 0.15) is 0 Å². The molecule has 2 aromatic heterocycles. The molecule has 0 saturated carbocycles. The van der Waals surface area contributed by atoms with E-state index in [-0.39, 0.29) is 0 Å². The van der Waals surface area contributed by atoms with Crippen molar-refractivity contribution in [3.63, 3.8) is 0 Å². The van der Waals surface area contributed by atoms with Crippen LogP contribution in [-0.2, 0) is 15.1 Å². The van der Waals surface area contributed by atoms with Crippen molar-refractivity contribution in [2.45, 2.75) is 0 Å². The summed E-state index contributed by atoms with van der Waals surface area (Å²) in [5.41, 5.74) is 8.87. The minimum atomic E-state index is -2.23. The summed E-state index contributed by atoms with van der Waals surface area (Å²) in [6.07, 6.45) is 3.46. The molecule has 0 radical (unpaired) electrons. The first-order valence-corrected chi connectivity index (χ1v) is 10.2. The highest BCUT2D eigenvalue weighted by Crippen LogP contribution is 2.21. The Morgan fingerprint density at radius 1 is 1.13 bits per heavy atom. The van der Waals surface area contributed by atoms with Crippen molar-refractivity contribution in [2.75, 3.05) is 43.4 Å². The normalized spacial score (nSPS) is 12.0. The summed E-state index contributed by atoms with van der Waals surface area (Å²) in [5, 5.41) is 3.23. The SMILES string of the molecule is CN(C)CCNc1nc(NNc2ccc(N=[S-](=O)O)cc2)cc(-c2cccnc2)n1. The summed E-state index contributed by atoms with van der Waals surface area (Å²) in [6.45, 7) is 1.55. The molecule has 0 saturated heterocycles. The fraction of sp³-hybridized carbons (Fsp3) is 0.211. The zero-order valence-electron chi connectivity index (χ0n) is 16.6. The summed E-state index contributed by atoms with van der Waals surface area (Å²) in [5.74, 6) is 1.07. The maximum absolute atomic E-state index is 10.7. The zero-order valence-corrected chi connectivity index (χ0v) is 17.4. The van der Waals surface area contributed by atoms with E-state index in [2.05, 4.69) is 40.4 Å². The van der Waals surface area contributed by atoms with Gasteiger partial charge in [-0.05, 0) is 50.5 Å². The van der Waals surface area contributed by atoms with E-state index in [1.54, 1.807) is 36.7 Å². The molecule has 30 heavy (non-hydrogen) atoms. The third-order valence-electron chi connectivity index (χ3n) is 3.91. The Labute approximate surface area is 176 Å². The molecular weight excluding hydrogens is 404 g/mol. The van der Waals surface area contributed by atoms with Gasteiger partial charge in [0.2, 0.25) is 5.95 Å². The molecule has 0 spiro atoms. The van der Waals surface area contributed by atoms with Gasteiger partial charge in [-0.15, -0.1) is 0 Å². The molecule has 0 fully saturated rings. The predicted octanol–water partition coefficient (Wildman–Crippen LogP) is 3.20. The van der Waals surface area contributed by atoms with E-state index in [1.165, 1.54) is 0 Å². The van der Waals surface area contributed by atoms with Gasteiger partial charge in [-0.1, -0.05) is 10.9 Å². The number of hydrogen-bond acceptors (Lipinski definition) is 10. The van der Waals surface area contributed by atoms with Crippen LogP contribution in [0.15, 0.2) is 59.2 Å². The fourth-order valence-corrected chi connectivity index (χ4v) is 2.78. The highest BCUT2D eigenvalue weighted by Gasteiger charge is 2.07. The molecular formula is C19H23N8O2S-. The summed E-state index contributed by atoms with van der Waals surface area (Å²) in [6, 6.07) is 12.3. The second-order valence-electron chi connectivity index (χ2n) is 6.55. The Balaban J connectivity index is 1.76. The topological polar surface area (TPSA) is 128 Å². The number of anilines is 3. The molecule has 0 amide bonds. The van der Waals surface area contributed by atoms with Crippen LogP contribution in [0.1, 0.15) is 0 Å². The van der Waals surface area contributed by atoms with Crippen LogP contribution >= 0.6 is 0 Å². The minimum absolute atomic E-state index is 0.412. The first-order valence-electron chi connectivity index (χ1n) is 9.12. The van der Waals surface area contributed by atoms with Crippen LogP contribution in [-0.4, -0.2) is 51.6 Å². The lowest BCUT2D eigenvalue weighted by atomic mass is 10.2. The minimum Gasteiger partial charge on any atom is -0.454 e. The van der Waals surface area contributed by atoms with Crippen molar-refractivity contribution in [1.82, 2.24) is 19.9 Å². The molecule has 11 heteroatoms. The van der Waals surface area contributed by atoms with Crippen LogP contribution in [0.4, 0.5) is 23.1 Å². The van der Waals surface area contributed by atoms with Gasteiger partial charge in [-0.25, -0.2) is 4.98 Å². The van der Waals surface area contributed by atoms with Gasteiger partial charge in [0.05, 0.1) is 11.4 Å². The average molecular weight is 428 g/mol. The smallest absolute Gasteiger partial charge is 0.225 e. The number of hydrazine groups is 1. The number of nitrogens with zero attached hydrogens (tertiary/aromatic N) is 5. The second-order valence-corrected chi connectivity index (χ2v) is 7.20. The van der Waals surface area contributed by atoms with Gasteiger partial charge >= 0.3 is 0 Å². The van der Waals surface area contributed by atoms with E-state index in [9.17, 15) is 4.21 Å². The van der Waals surface area contributed by atoms with Gasteiger partial charge in [0, 0.05) is 42.8 Å². The maximum atomic E-state index is 10.7. The third-order valence-corrected chi connectivity index (χ3v) is 4.28. The predicted molar refractivity (Wildman–Crippen MR) is 119 cm³/mol. The Morgan fingerprint density at radius 3 is 2.60 bits per heavy atom. The number of hydrogen-bond donors (Lipinski definition) is 4. The first kappa shape index (κ1) is 21.4. The molecule has 10 nitrogen and oxygen atoms in total. The standard InChI is InChI=1S/C19H23N8O2S/c1-27(2)11-10-21-19-22-17(14-4-3-9-20-13-14)12-18(23-19)25-24-15-5-7-16(8-6-15)26-30(28)29/h3-9,12-13,24H,10-11H2,1-2H3,(H,26,28,29)(H2,21,22,23,25)/q-1. The van der Waals surface area contributed by atoms with E-state index in [1.807, 2.05) is 32.3 Å². The van der Waals surface area contributed by atoms with Crippen LogP contribution in [0.25, 0.3) is 11.3 Å². The highest BCUT2D eigenvalue weighted by atomic mass is 32.2. The van der Waals surface area contributed by atoms with E-state index >= 15 is 0 Å². The summed E-state index contributed by atoms with van der Waals surface area (Å²) >= 11 is 0. The molecule has 0 unspecified atom stereocenters. The average Bonchev–Trinajstić information content (AvgIpc) is 2.73. The summed E-state index contributed by atoms with van der Waals surface area (Å²) < 4.78 is 23.1. The lowest BCUT2D eigenvalue weighted by Gasteiger charge is -2.14. The molecule has 2 heterocycles. The Kier molecular flexibility index (Phi) is 7.49. The quantitative estimate of drug-likeness (QED) is 0.231. The van der Waals surface area contributed by atoms with Crippen LogP contribution in [0.2, 0.25) is 0 Å². The van der Waals surface area contributed by atoms with E-state index in [0.717, 1.165) is 23.5 Å². The number of rotatable bonds is 9. The van der Waals surface area contributed by atoms with Crippen molar-refractivity contribution in [3.8, 4) is 11.3 Å². The molecule has 0 atom stereocenters.